The number of hydrogen-bond acceptors (Lipinski definition) is 3. The van der Waals surface area contributed by atoms with Gasteiger partial charge in [0, 0.05) is 6.42 Å². The fourth-order valence-electron chi connectivity index (χ4n) is 2.81. The number of rotatable bonds is 7. The van der Waals surface area contributed by atoms with Gasteiger partial charge in [-0.1, -0.05) is 44.2 Å². The third kappa shape index (κ3) is 5.47. The van der Waals surface area contributed by atoms with Gasteiger partial charge in [-0.15, -0.1) is 0 Å². The average molecular weight is 317 g/mol. The fraction of sp³-hybridized carbons (Fsp3) is 0.579. The largest absolute Gasteiger partial charge is 0.368 e. The van der Waals surface area contributed by atoms with Crippen molar-refractivity contribution in [3.63, 3.8) is 0 Å². The van der Waals surface area contributed by atoms with Crippen LogP contribution in [0.5, 0.6) is 0 Å². The maximum atomic E-state index is 12.1. The molecular formula is C19H27NO3. The number of ether oxygens (including phenoxy) is 1. The number of carbonyl (C=O) groups excluding carboxylic acids is 2. The Morgan fingerprint density at radius 1 is 1.26 bits per heavy atom. The molecule has 0 radical (unpaired) electrons. The van der Waals surface area contributed by atoms with Crippen molar-refractivity contribution in [3.05, 3.63) is 35.9 Å². The van der Waals surface area contributed by atoms with Crippen molar-refractivity contribution < 1.29 is 14.3 Å². The van der Waals surface area contributed by atoms with Crippen molar-refractivity contribution in [3.8, 4) is 0 Å². The molecule has 0 aliphatic carbocycles. The number of aryl methyl sites for hydroxylation is 1. The molecule has 1 fully saturated rings. The maximum absolute atomic E-state index is 12.1. The normalized spacial score (nSPS) is 21.4. The highest BCUT2D eigenvalue weighted by Gasteiger charge is 2.33. The summed E-state index contributed by atoms with van der Waals surface area (Å²) in [7, 11) is 0. The molecule has 1 aliphatic rings. The molecule has 0 saturated carbocycles. The van der Waals surface area contributed by atoms with E-state index in [1.807, 2.05) is 13.0 Å². The molecule has 0 spiro atoms. The lowest BCUT2D eigenvalue weighted by molar-refractivity contribution is -0.126. The second kappa shape index (κ2) is 7.73. The van der Waals surface area contributed by atoms with Gasteiger partial charge < -0.3 is 10.1 Å². The highest BCUT2D eigenvalue weighted by molar-refractivity contribution is 5.91. The van der Waals surface area contributed by atoms with Crippen LogP contribution >= 0.6 is 0 Å². The van der Waals surface area contributed by atoms with E-state index in [1.165, 1.54) is 5.56 Å². The lowest BCUT2D eigenvalue weighted by Crippen LogP contribution is -2.43. The Morgan fingerprint density at radius 2 is 1.96 bits per heavy atom. The van der Waals surface area contributed by atoms with E-state index in [1.54, 1.807) is 0 Å². The van der Waals surface area contributed by atoms with E-state index in [4.69, 9.17) is 4.74 Å². The van der Waals surface area contributed by atoms with Crippen molar-refractivity contribution in [1.29, 1.82) is 0 Å². The second-order valence-electron chi connectivity index (χ2n) is 7.18. The molecule has 4 nitrogen and oxygen atoms in total. The van der Waals surface area contributed by atoms with Crippen LogP contribution in [0.15, 0.2) is 30.3 Å². The molecule has 1 heterocycles. The van der Waals surface area contributed by atoms with Crippen LogP contribution in [0.25, 0.3) is 0 Å². The van der Waals surface area contributed by atoms with Gasteiger partial charge in [-0.3, -0.25) is 9.59 Å². The van der Waals surface area contributed by atoms with Gasteiger partial charge in [0.15, 0.2) is 5.78 Å². The molecule has 2 rings (SSSR count). The molecular weight excluding hydrogens is 290 g/mol. The lowest BCUT2D eigenvalue weighted by Gasteiger charge is -2.25. The Hall–Kier alpha value is -1.68. The van der Waals surface area contributed by atoms with E-state index in [-0.39, 0.29) is 29.8 Å². The summed E-state index contributed by atoms with van der Waals surface area (Å²) in [6.07, 6.45) is 3.07. The minimum absolute atomic E-state index is 0.0332. The zero-order chi connectivity index (χ0) is 16.9. The summed E-state index contributed by atoms with van der Waals surface area (Å²) in [4.78, 5) is 23.7. The van der Waals surface area contributed by atoms with Crippen molar-refractivity contribution >= 4 is 11.7 Å². The number of amides is 1. The van der Waals surface area contributed by atoms with Crippen molar-refractivity contribution in [1.82, 2.24) is 5.32 Å². The molecule has 1 aromatic rings. The van der Waals surface area contributed by atoms with Gasteiger partial charge in [-0.05, 0) is 37.2 Å². The SMILES string of the molecule is C[C@@H]1OCC(=O)[C@H]1NC(=O)CCC(C)(C)CCc1ccccc1. The van der Waals surface area contributed by atoms with Crippen LogP contribution in [0, 0.1) is 5.41 Å². The molecule has 126 valence electrons. The summed E-state index contributed by atoms with van der Waals surface area (Å²) in [6.45, 7) is 6.31. The van der Waals surface area contributed by atoms with Gasteiger partial charge in [0.05, 0.1) is 6.10 Å². The number of nitrogens with one attached hydrogen (secondary N) is 1. The maximum Gasteiger partial charge on any atom is 0.220 e. The van der Waals surface area contributed by atoms with Crippen LogP contribution in [0.2, 0.25) is 0 Å². The first-order valence-electron chi connectivity index (χ1n) is 8.35. The molecule has 0 bridgehead atoms. The Bertz CT molecular complexity index is 539. The molecule has 1 N–H and O–H groups in total. The number of Topliss-reactive ketones (excluding diaryl/α,β-unsaturated/α-hetero) is 1. The summed E-state index contributed by atoms with van der Waals surface area (Å²) in [6, 6.07) is 9.92. The lowest BCUT2D eigenvalue weighted by atomic mass is 9.82. The number of hydrogen-bond donors (Lipinski definition) is 1. The quantitative estimate of drug-likeness (QED) is 0.841. The molecule has 4 heteroatoms. The van der Waals surface area contributed by atoms with Crippen LogP contribution in [-0.4, -0.2) is 30.4 Å². The predicted octanol–water partition coefficient (Wildman–Crippen LogP) is 2.90. The Balaban J connectivity index is 1.75. The second-order valence-corrected chi connectivity index (χ2v) is 7.18. The summed E-state index contributed by atoms with van der Waals surface area (Å²) in [5.74, 6) is -0.0947. The standard InChI is InChI=1S/C19H27NO3/c1-14-18(16(21)13-23-14)20-17(22)10-12-19(2,3)11-9-15-7-5-4-6-8-15/h4-8,14,18H,9-13H2,1-3H3,(H,20,22)/t14-,18-/m0/s1. The molecule has 1 aliphatic heterocycles. The Labute approximate surface area is 138 Å². The zero-order valence-corrected chi connectivity index (χ0v) is 14.3. The molecule has 0 unspecified atom stereocenters. The van der Waals surface area contributed by atoms with E-state index >= 15 is 0 Å². The number of ketones is 1. The van der Waals surface area contributed by atoms with E-state index in [2.05, 4.69) is 43.4 Å². The van der Waals surface area contributed by atoms with Gasteiger partial charge in [0.1, 0.15) is 12.6 Å². The first kappa shape index (κ1) is 17.7. The summed E-state index contributed by atoms with van der Waals surface area (Å²) < 4.78 is 5.25. The Morgan fingerprint density at radius 3 is 2.57 bits per heavy atom. The van der Waals surface area contributed by atoms with Crippen LogP contribution in [0.4, 0.5) is 0 Å². The summed E-state index contributed by atoms with van der Waals surface area (Å²) >= 11 is 0. The predicted molar refractivity (Wildman–Crippen MR) is 90.1 cm³/mol. The van der Waals surface area contributed by atoms with Gasteiger partial charge in [0.2, 0.25) is 5.91 Å². The Kier molecular flexibility index (Phi) is 5.94. The van der Waals surface area contributed by atoms with E-state index < -0.39 is 6.04 Å². The van der Waals surface area contributed by atoms with Crippen LogP contribution in [0.3, 0.4) is 0 Å². The molecule has 1 saturated heterocycles. The number of benzene rings is 1. The minimum atomic E-state index is -0.477. The average Bonchev–Trinajstić information content (AvgIpc) is 2.84. The van der Waals surface area contributed by atoms with Crippen molar-refractivity contribution in [2.75, 3.05) is 6.61 Å². The van der Waals surface area contributed by atoms with Gasteiger partial charge in [-0.2, -0.15) is 0 Å². The van der Waals surface area contributed by atoms with E-state index in [0.717, 1.165) is 19.3 Å². The first-order valence-corrected chi connectivity index (χ1v) is 8.35. The van der Waals surface area contributed by atoms with Crippen LogP contribution in [-0.2, 0) is 20.7 Å². The highest BCUT2D eigenvalue weighted by atomic mass is 16.5. The third-order valence-electron chi connectivity index (χ3n) is 4.58. The topological polar surface area (TPSA) is 55.4 Å². The summed E-state index contributed by atoms with van der Waals surface area (Å²) in [5, 5.41) is 2.81. The molecule has 1 aromatic carbocycles. The summed E-state index contributed by atoms with van der Waals surface area (Å²) in [5.41, 5.74) is 1.42. The third-order valence-corrected chi connectivity index (χ3v) is 4.58. The highest BCUT2D eigenvalue weighted by Crippen LogP contribution is 2.28. The van der Waals surface area contributed by atoms with Crippen LogP contribution in [0.1, 0.15) is 45.6 Å². The first-order chi connectivity index (χ1) is 10.9. The zero-order valence-electron chi connectivity index (χ0n) is 14.3. The molecule has 23 heavy (non-hydrogen) atoms. The van der Waals surface area contributed by atoms with Gasteiger partial charge in [-0.25, -0.2) is 0 Å². The van der Waals surface area contributed by atoms with Gasteiger partial charge in [0.25, 0.3) is 0 Å². The van der Waals surface area contributed by atoms with Gasteiger partial charge >= 0.3 is 0 Å². The van der Waals surface area contributed by atoms with E-state index in [0.29, 0.717) is 6.42 Å². The molecule has 0 aromatic heterocycles. The minimum Gasteiger partial charge on any atom is -0.368 e. The van der Waals surface area contributed by atoms with Crippen molar-refractivity contribution in [2.45, 2.75) is 58.6 Å². The fourth-order valence-corrected chi connectivity index (χ4v) is 2.81. The van der Waals surface area contributed by atoms with Crippen LogP contribution < -0.4 is 5.32 Å². The smallest absolute Gasteiger partial charge is 0.220 e. The number of carbonyl (C=O) groups is 2. The molecule has 2 atom stereocenters. The van der Waals surface area contributed by atoms with E-state index in [9.17, 15) is 9.59 Å². The van der Waals surface area contributed by atoms with Crippen molar-refractivity contribution in [2.24, 2.45) is 5.41 Å². The molecule has 1 amide bonds. The monoisotopic (exact) mass is 317 g/mol.